The van der Waals surface area contributed by atoms with Crippen molar-refractivity contribution in [2.75, 3.05) is 10.0 Å². The number of rotatable bonds is 8. The standard InChI is InChI=1S/C23H22N4O5S/c1-15(28)25-17-7-11-21(12-8-17)33(30,31)27-19-5-9-20(10-6-19)32-22-13-2-16(14-24-22)23(29)26-18-3-4-18/h2,5-14,18,27H,3-4H2,1H3,(H,25,28)(H,26,29). The number of amides is 2. The zero-order chi connectivity index (χ0) is 23.4. The zero-order valence-corrected chi connectivity index (χ0v) is 18.6. The molecule has 9 nitrogen and oxygen atoms in total. The number of hydrogen-bond acceptors (Lipinski definition) is 6. The van der Waals surface area contributed by atoms with E-state index in [2.05, 4.69) is 20.3 Å². The molecule has 33 heavy (non-hydrogen) atoms. The third-order valence-electron chi connectivity index (χ3n) is 4.73. The van der Waals surface area contributed by atoms with Gasteiger partial charge in [-0.1, -0.05) is 0 Å². The molecular formula is C23H22N4O5S. The second kappa shape index (κ2) is 9.29. The normalized spacial score (nSPS) is 13.1. The summed E-state index contributed by atoms with van der Waals surface area (Å²) in [6.07, 6.45) is 3.47. The van der Waals surface area contributed by atoms with E-state index in [1.807, 2.05) is 0 Å². The lowest BCUT2D eigenvalue weighted by Crippen LogP contribution is -2.25. The largest absolute Gasteiger partial charge is 0.439 e. The maximum absolute atomic E-state index is 12.6. The third kappa shape index (κ3) is 6.07. The summed E-state index contributed by atoms with van der Waals surface area (Å²) in [5.41, 5.74) is 1.32. The van der Waals surface area contributed by atoms with Crippen LogP contribution in [0.25, 0.3) is 0 Å². The predicted molar refractivity (Wildman–Crippen MR) is 123 cm³/mol. The monoisotopic (exact) mass is 466 g/mol. The highest BCUT2D eigenvalue weighted by molar-refractivity contribution is 7.92. The SMILES string of the molecule is CC(=O)Nc1ccc(S(=O)(=O)Nc2ccc(Oc3ccc(C(=O)NC4CC4)cn3)cc2)cc1. The summed E-state index contributed by atoms with van der Waals surface area (Å²) in [5.74, 6) is 0.375. The third-order valence-corrected chi connectivity index (χ3v) is 6.12. The minimum atomic E-state index is -3.80. The van der Waals surface area contributed by atoms with Crippen LogP contribution < -0.4 is 20.1 Å². The summed E-state index contributed by atoms with van der Waals surface area (Å²) in [6.45, 7) is 1.37. The van der Waals surface area contributed by atoms with Crippen LogP contribution in [0.2, 0.25) is 0 Å². The molecule has 0 bridgehead atoms. The van der Waals surface area contributed by atoms with Crippen molar-refractivity contribution in [2.45, 2.75) is 30.7 Å². The summed E-state index contributed by atoms with van der Waals surface area (Å²) in [5, 5.41) is 5.48. The van der Waals surface area contributed by atoms with Gasteiger partial charge in [-0.2, -0.15) is 0 Å². The van der Waals surface area contributed by atoms with Crippen LogP contribution >= 0.6 is 0 Å². The van der Waals surface area contributed by atoms with Crippen molar-refractivity contribution in [3.05, 3.63) is 72.4 Å². The lowest BCUT2D eigenvalue weighted by molar-refractivity contribution is -0.114. The maximum Gasteiger partial charge on any atom is 0.261 e. The number of anilines is 2. The molecule has 0 spiro atoms. The molecule has 2 aromatic carbocycles. The predicted octanol–water partition coefficient (Wildman–Crippen LogP) is 3.53. The van der Waals surface area contributed by atoms with Gasteiger partial charge in [-0.3, -0.25) is 14.3 Å². The van der Waals surface area contributed by atoms with Crippen LogP contribution in [0.3, 0.4) is 0 Å². The molecule has 3 aromatic rings. The van der Waals surface area contributed by atoms with Crippen molar-refractivity contribution in [3.8, 4) is 11.6 Å². The van der Waals surface area contributed by atoms with E-state index in [-0.39, 0.29) is 22.8 Å². The lowest BCUT2D eigenvalue weighted by atomic mass is 10.2. The van der Waals surface area contributed by atoms with Gasteiger partial charge in [0.05, 0.1) is 10.5 Å². The van der Waals surface area contributed by atoms with Crippen molar-refractivity contribution in [3.63, 3.8) is 0 Å². The number of carbonyl (C=O) groups excluding carboxylic acids is 2. The van der Waals surface area contributed by atoms with Gasteiger partial charge in [0.15, 0.2) is 0 Å². The Morgan fingerprint density at radius 1 is 0.939 bits per heavy atom. The fraction of sp³-hybridized carbons (Fsp3) is 0.174. The maximum atomic E-state index is 12.6. The molecule has 4 rings (SSSR count). The van der Waals surface area contributed by atoms with Gasteiger partial charge in [0.1, 0.15) is 5.75 Å². The first-order chi connectivity index (χ1) is 15.8. The first kappa shape index (κ1) is 22.3. The summed E-state index contributed by atoms with van der Waals surface area (Å²) >= 11 is 0. The number of aromatic nitrogens is 1. The second-order valence-electron chi connectivity index (χ2n) is 7.57. The molecule has 0 radical (unpaired) electrons. The summed E-state index contributed by atoms with van der Waals surface area (Å²) < 4.78 is 33.4. The number of carbonyl (C=O) groups is 2. The van der Waals surface area contributed by atoms with Crippen LogP contribution in [-0.2, 0) is 14.8 Å². The van der Waals surface area contributed by atoms with Crippen molar-refractivity contribution < 1.29 is 22.7 Å². The molecule has 3 N–H and O–H groups in total. The van der Waals surface area contributed by atoms with E-state index in [4.69, 9.17) is 4.74 Å². The van der Waals surface area contributed by atoms with E-state index >= 15 is 0 Å². The molecule has 0 saturated heterocycles. The van der Waals surface area contributed by atoms with E-state index in [1.54, 1.807) is 36.4 Å². The molecule has 1 aliphatic carbocycles. The Kier molecular flexibility index (Phi) is 6.27. The highest BCUT2D eigenvalue weighted by Crippen LogP contribution is 2.24. The van der Waals surface area contributed by atoms with Crippen molar-refractivity contribution >= 4 is 33.2 Å². The van der Waals surface area contributed by atoms with Gasteiger partial charge in [0, 0.05) is 36.6 Å². The average Bonchev–Trinajstić information content (AvgIpc) is 3.59. The van der Waals surface area contributed by atoms with E-state index in [0.29, 0.717) is 28.6 Å². The lowest BCUT2D eigenvalue weighted by Gasteiger charge is -2.10. The number of pyridine rings is 1. The fourth-order valence-electron chi connectivity index (χ4n) is 2.92. The molecule has 0 aliphatic heterocycles. The topological polar surface area (TPSA) is 126 Å². The molecule has 1 fully saturated rings. The summed E-state index contributed by atoms with van der Waals surface area (Å²) in [6, 6.07) is 15.7. The van der Waals surface area contributed by atoms with Crippen molar-refractivity contribution in [2.24, 2.45) is 0 Å². The molecule has 10 heteroatoms. The average molecular weight is 467 g/mol. The van der Waals surface area contributed by atoms with Gasteiger partial charge in [-0.15, -0.1) is 0 Å². The molecule has 0 atom stereocenters. The first-order valence-corrected chi connectivity index (χ1v) is 11.7. The Morgan fingerprint density at radius 3 is 2.18 bits per heavy atom. The van der Waals surface area contributed by atoms with Crippen LogP contribution in [0.4, 0.5) is 11.4 Å². The van der Waals surface area contributed by atoms with Crippen LogP contribution in [0.5, 0.6) is 11.6 Å². The number of nitrogens with one attached hydrogen (secondary N) is 3. The van der Waals surface area contributed by atoms with Crippen LogP contribution in [0.1, 0.15) is 30.1 Å². The van der Waals surface area contributed by atoms with Gasteiger partial charge in [0.2, 0.25) is 11.8 Å². The Balaban J connectivity index is 1.36. The Labute approximate surface area is 191 Å². The number of nitrogens with zero attached hydrogens (tertiary/aromatic N) is 1. The van der Waals surface area contributed by atoms with Gasteiger partial charge >= 0.3 is 0 Å². The van der Waals surface area contributed by atoms with E-state index in [0.717, 1.165) is 12.8 Å². The Morgan fingerprint density at radius 2 is 1.61 bits per heavy atom. The van der Waals surface area contributed by atoms with Crippen molar-refractivity contribution in [1.29, 1.82) is 0 Å². The number of ether oxygens (including phenoxy) is 1. The summed E-state index contributed by atoms with van der Waals surface area (Å²) in [7, 11) is -3.80. The van der Waals surface area contributed by atoms with Crippen molar-refractivity contribution in [1.82, 2.24) is 10.3 Å². The number of benzene rings is 2. The molecule has 1 saturated carbocycles. The second-order valence-corrected chi connectivity index (χ2v) is 9.25. The molecule has 1 aromatic heterocycles. The molecule has 1 heterocycles. The number of hydrogen-bond donors (Lipinski definition) is 3. The van der Waals surface area contributed by atoms with E-state index in [1.165, 1.54) is 37.4 Å². The van der Waals surface area contributed by atoms with Gasteiger partial charge in [0.25, 0.3) is 15.9 Å². The van der Waals surface area contributed by atoms with Crippen LogP contribution in [-0.4, -0.2) is 31.3 Å². The molecule has 170 valence electrons. The zero-order valence-electron chi connectivity index (χ0n) is 17.7. The van der Waals surface area contributed by atoms with E-state index in [9.17, 15) is 18.0 Å². The highest BCUT2D eigenvalue weighted by atomic mass is 32.2. The van der Waals surface area contributed by atoms with Gasteiger partial charge < -0.3 is 15.4 Å². The van der Waals surface area contributed by atoms with Crippen LogP contribution in [0, 0.1) is 0 Å². The Bertz CT molecular complexity index is 1250. The molecular weight excluding hydrogens is 444 g/mol. The minimum absolute atomic E-state index is 0.0620. The summed E-state index contributed by atoms with van der Waals surface area (Å²) in [4.78, 5) is 27.3. The molecule has 2 amide bonds. The molecule has 1 aliphatic rings. The van der Waals surface area contributed by atoms with Gasteiger partial charge in [-0.05, 0) is 67.4 Å². The minimum Gasteiger partial charge on any atom is -0.439 e. The number of sulfonamides is 1. The first-order valence-electron chi connectivity index (χ1n) is 10.2. The van der Waals surface area contributed by atoms with Crippen LogP contribution in [0.15, 0.2) is 71.8 Å². The smallest absolute Gasteiger partial charge is 0.261 e. The quantitative estimate of drug-likeness (QED) is 0.466. The fourth-order valence-corrected chi connectivity index (χ4v) is 3.98. The van der Waals surface area contributed by atoms with E-state index < -0.39 is 10.0 Å². The van der Waals surface area contributed by atoms with Gasteiger partial charge in [-0.25, -0.2) is 13.4 Å². The molecule has 0 unspecified atom stereocenters. The highest BCUT2D eigenvalue weighted by Gasteiger charge is 2.23. The Hall–Kier alpha value is -3.92.